The predicted molar refractivity (Wildman–Crippen MR) is 72.3 cm³/mol. The molecule has 1 saturated heterocycles. The van der Waals surface area contributed by atoms with Crippen LogP contribution in [0.2, 0.25) is 0 Å². The maximum atomic E-state index is 11.4. The molecule has 0 aliphatic carbocycles. The van der Waals surface area contributed by atoms with Gasteiger partial charge in [-0.15, -0.1) is 0 Å². The van der Waals surface area contributed by atoms with Crippen molar-refractivity contribution in [2.75, 3.05) is 11.5 Å². The highest BCUT2D eigenvalue weighted by atomic mass is 32.2. The first-order valence-corrected chi connectivity index (χ1v) is 8.76. The van der Waals surface area contributed by atoms with Crippen LogP contribution in [0.5, 0.6) is 0 Å². The number of nitrogens with zero attached hydrogens (tertiary/aromatic N) is 2. The average molecular weight is 298 g/mol. The fourth-order valence-corrected chi connectivity index (χ4v) is 4.54. The van der Waals surface area contributed by atoms with Crippen molar-refractivity contribution in [1.29, 1.82) is 0 Å². The van der Waals surface area contributed by atoms with Gasteiger partial charge in [0.2, 0.25) is 0 Å². The minimum Gasteiger partial charge on any atom is -0.481 e. The van der Waals surface area contributed by atoms with Gasteiger partial charge in [-0.2, -0.15) is 0 Å². The van der Waals surface area contributed by atoms with Crippen LogP contribution in [-0.4, -0.2) is 40.6 Å². The lowest BCUT2D eigenvalue weighted by Gasteiger charge is -2.20. The normalized spacial score (nSPS) is 26.1. The number of sulfone groups is 1. The predicted octanol–water partition coefficient (Wildman–Crippen LogP) is 0.822. The zero-order chi connectivity index (χ0) is 14.3. The number of aromatic nitrogens is 2. The Hall–Kier alpha value is -1.37. The van der Waals surface area contributed by atoms with Crippen LogP contribution in [0.1, 0.15) is 36.7 Å². The van der Waals surface area contributed by atoms with Gasteiger partial charge in [-0.05, 0) is 19.3 Å². The van der Waals surface area contributed by atoms with Crippen LogP contribution in [0.15, 0.2) is 6.20 Å². The number of hydrogen-bond acceptors (Lipinski definition) is 4. The van der Waals surface area contributed by atoms with Crippen LogP contribution in [0, 0.1) is 5.92 Å². The largest absolute Gasteiger partial charge is 0.481 e. The minimum absolute atomic E-state index is 0.194. The molecule has 0 spiro atoms. The number of aryl methyl sites for hydroxylation is 1. The molecule has 1 N–H and O–H groups in total. The molecule has 2 aliphatic rings. The summed E-state index contributed by atoms with van der Waals surface area (Å²) in [5.41, 5.74) is 0.931. The highest BCUT2D eigenvalue weighted by Crippen LogP contribution is 2.30. The molecule has 110 valence electrons. The van der Waals surface area contributed by atoms with Crippen LogP contribution >= 0.6 is 0 Å². The summed E-state index contributed by atoms with van der Waals surface area (Å²) in [4.78, 5) is 15.6. The Bertz CT molecular complexity index is 621. The van der Waals surface area contributed by atoms with Gasteiger partial charge in [0.25, 0.3) is 0 Å². The molecule has 6 nitrogen and oxygen atoms in total. The molecule has 2 aliphatic heterocycles. The quantitative estimate of drug-likeness (QED) is 0.873. The van der Waals surface area contributed by atoms with Crippen LogP contribution in [0.4, 0.5) is 0 Å². The number of imidazole rings is 1. The van der Waals surface area contributed by atoms with E-state index in [1.165, 1.54) is 0 Å². The van der Waals surface area contributed by atoms with Crippen LogP contribution in [0.25, 0.3) is 0 Å². The number of carboxylic acids is 1. The Morgan fingerprint density at radius 1 is 1.30 bits per heavy atom. The molecule has 20 heavy (non-hydrogen) atoms. The van der Waals surface area contributed by atoms with E-state index < -0.39 is 15.8 Å². The van der Waals surface area contributed by atoms with Crippen LogP contribution < -0.4 is 0 Å². The Kier molecular flexibility index (Phi) is 3.32. The number of aliphatic carboxylic acids is 1. The molecule has 7 heteroatoms. The number of carbonyl (C=O) groups is 1. The fourth-order valence-electron chi connectivity index (χ4n) is 3.05. The molecule has 0 bridgehead atoms. The van der Waals surface area contributed by atoms with Crippen molar-refractivity contribution in [3.63, 3.8) is 0 Å². The summed E-state index contributed by atoms with van der Waals surface area (Å²) in [7, 11) is -2.86. The zero-order valence-electron chi connectivity index (χ0n) is 11.2. The summed E-state index contributed by atoms with van der Waals surface area (Å²) >= 11 is 0. The Morgan fingerprint density at radius 2 is 2.00 bits per heavy atom. The summed E-state index contributed by atoms with van der Waals surface area (Å²) in [6, 6.07) is 0. The van der Waals surface area contributed by atoms with Gasteiger partial charge >= 0.3 is 5.97 Å². The van der Waals surface area contributed by atoms with Crippen LogP contribution in [-0.2, 0) is 27.6 Å². The molecule has 0 saturated carbocycles. The third-order valence-corrected chi connectivity index (χ3v) is 6.05. The Morgan fingerprint density at radius 3 is 2.65 bits per heavy atom. The number of rotatable bonds is 2. The fraction of sp³-hybridized carbons (Fsp3) is 0.692. The first-order chi connectivity index (χ1) is 9.44. The van der Waals surface area contributed by atoms with E-state index in [1.54, 1.807) is 0 Å². The second-order valence-electron chi connectivity index (χ2n) is 5.73. The van der Waals surface area contributed by atoms with Crippen molar-refractivity contribution in [3.8, 4) is 0 Å². The van der Waals surface area contributed by atoms with Gasteiger partial charge in [0.1, 0.15) is 15.7 Å². The van der Waals surface area contributed by atoms with E-state index >= 15 is 0 Å². The number of fused-ring (bicyclic) bond motifs is 1. The van der Waals surface area contributed by atoms with Crippen LogP contribution in [0.3, 0.4) is 0 Å². The summed E-state index contributed by atoms with van der Waals surface area (Å²) in [6.45, 7) is 0.475. The lowest BCUT2D eigenvalue weighted by atomic mass is 9.99. The van der Waals surface area contributed by atoms with Gasteiger partial charge in [0.15, 0.2) is 0 Å². The summed E-state index contributed by atoms with van der Waals surface area (Å²) in [6.07, 6.45) is 4.49. The number of hydrogen-bond donors (Lipinski definition) is 1. The van der Waals surface area contributed by atoms with E-state index in [0.29, 0.717) is 32.2 Å². The highest BCUT2D eigenvalue weighted by Gasteiger charge is 2.29. The first-order valence-electron chi connectivity index (χ1n) is 6.94. The van der Waals surface area contributed by atoms with Gasteiger partial charge in [0, 0.05) is 25.1 Å². The molecule has 3 heterocycles. The molecule has 1 aromatic rings. The zero-order valence-corrected chi connectivity index (χ0v) is 12.0. The van der Waals surface area contributed by atoms with E-state index in [9.17, 15) is 13.2 Å². The topological polar surface area (TPSA) is 89.3 Å². The van der Waals surface area contributed by atoms with Gasteiger partial charge in [-0.3, -0.25) is 4.79 Å². The van der Waals surface area contributed by atoms with Crippen molar-refractivity contribution in [2.45, 2.75) is 38.1 Å². The lowest BCUT2D eigenvalue weighted by Crippen LogP contribution is -2.26. The third-order valence-electron chi connectivity index (χ3n) is 4.33. The van der Waals surface area contributed by atoms with E-state index in [4.69, 9.17) is 5.11 Å². The van der Waals surface area contributed by atoms with Gasteiger partial charge < -0.3 is 9.67 Å². The van der Waals surface area contributed by atoms with Crippen molar-refractivity contribution in [3.05, 3.63) is 17.7 Å². The minimum atomic E-state index is -2.86. The van der Waals surface area contributed by atoms with Crippen molar-refractivity contribution >= 4 is 15.8 Å². The first kappa shape index (κ1) is 13.6. The summed E-state index contributed by atoms with van der Waals surface area (Å²) in [5.74, 6) is 0.506. The van der Waals surface area contributed by atoms with E-state index in [-0.39, 0.29) is 23.3 Å². The molecule has 1 atom stereocenters. The Balaban J connectivity index is 1.76. The molecular weight excluding hydrogens is 280 g/mol. The second-order valence-corrected chi connectivity index (χ2v) is 8.04. The maximum Gasteiger partial charge on any atom is 0.308 e. The van der Waals surface area contributed by atoms with Gasteiger partial charge in [0.05, 0.1) is 23.1 Å². The Labute approximate surface area is 117 Å². The van der Waals surface area contributed by atoms with Crippen molar-refractivity contribution < 1.29 is 18.3 Å². The molecular formula is C13H18N2O4S. The van der Waals surface area contributed by atoms with E-state index in [2.05, 4.69) is 4.98 Å². The summed E-state index contributed by atoms with van der Waals surface area (Å²) < 4.78 is 24.8. The monoisotopic (exact) mass is 298 g/mol. The number of carboxylic acid groups (broad SMARTS) is 1. The molecule has 1 fully saturated rings. The van der Waals surface area contributed by atoms with Crippen molar-refractivity contribution in [2.24, 2.45) is 5.92 Å². The maximum absolute atomic E-state index is 11.4. The molecule has 1 unspecified atom stereocenters. The lowest BCUT2D eigenvalue weighted by molar-refractivity contribution is -0.142. The third kappa shape index (κ3) is 2.59. The molecule has 3 rings (SSSR count). The molecule has 0 aromatic carbocycles. The smallest absolute Gasteiger partial charge is 0.308 e. The van der Waals surface area contributed by atoms with E-state index in [1.807, 2.05) is 10.8 Å². The molecule has 1 aromatic heterocycles. The van der Waals surface area contributed by atoms with Gasteiger partial charge in [-0.25, -0.2) is 13.4 Å². The average Bonchev–Trinajstić information content (AvgIpc) is 2.81. The van der Waals surface area contributed by atoms with Crippen molar-refractivity contribution in [1.82, 2.24) is 9.55 Å². The van der Waals surface area contributed by atoms with E-state index in [0.717, 1.165) is 11.5 Å². The molecule has 0 amide bonds. The SMILES string of the molecule is O=C(O)C1CCc2nc(C3CCS(=O)(=O)CC3)cn2C1. The highest BCUT2D eigenvalue weighted by molar-refractivity contribution is 7.91. The standard InChI is InChI=1S/C13H18N2O4S/c16-13(17)10-1-2-12-14-11(8-15(12)7-10)9-3-5-20(18,19)6-4-9/h8-10H,1-7H2,(H,16,17). The van der Waals surface area contributed by atoms with Gasteiger partial charge in [-0.1, -0.05) is 0 Å². The summed E-state index contributed by atoms with van der Waals surface area (Å²) in [5, 5.41) is 9.08. The second kappa shape index (κ2) is 4.87. The molecule has 0 radical (unpaired) electrons.